The van der Waals surface area contributed by atoms with E-state index in [1.807, 2.05) is 37.1 Å². The lowest BCUT2D eigenvalue weighted by molar-refractivity contribution is 0.601. The van der Waals surface area contributed by atoms with Crippen LogP contribution in [0.15, 0.2) is 18.2 Å². The van der Waals surface area contributed by atoms with Crippen molar-refractivity contribution in [3.8, 4) is 0 Å². The molecule has 0 spiro atoms. The number of sulfone groups is 1. The van der Waals surface area contributed by atoms with Gasteiger partial charge in [-0.2, -0.15) is 0 Å². The molecule has 0 unspecified atom stereocenters. The van der Waals surface area contributed by atoms with E-state index < -0.39 is 9.84 Å². The van der Waals surface area contributed by atoms with Gasteiger partial charge in [-0.05, 0) is 24.6 Å². The zero-order chi connectivity index (χ0) is 13.9. The molecule has 1 aromatic carbocycles. The molecule has 0 aliphatic rings. The van der Waals surface area contributed by atoms with Gasteiger partial charge in [0.2, 0.25) is 0 Å². The SMILES string of the molecule is C[C@@H](N)c1ccc(N(C)CCS(C)(=O)=O)c(Cl)c1. The first-order valence-electron chi connectivity index (χ1n) is 5.64. The van der Waals surface area contributed by atoms with Gasteiger partial charge >= 0.3 is 0 Å². The first-order chi connectivity index (χ1) is 8.20. The van der Waals surface area contributed by atoms with Crippen LogP contribution in [0.3, 0.4) is 0 Å². The van der Waals surface area contributed by atoms with Gasteiger partial charge in [0, 0.05) is 25.9 Å². The Morgan fingerprint density at radius 1 is 1.44 bits per heavy atom. The summed E-state index contributed by atoms with van der Waals surface area (Å²) in [5.74, 6) is 0.106. The Labute approximate surface area is 114 Å². The molecule has 102 valence electrons. The molecule has 1 aromatic rings. The van der Waals surface area contributed by atoms with Gasteiger partial charge in [0.15, 0.2) is 0 Å². The van der Waals surface area contributed by atoms with Gasteiger partial charge in [0.25, 0.3) is 0 Å². The molecule has 18 heavy (non-hydrogen) atoms. The molecule has 0 heterocycles. The van der Waals surface area contributed by atoms with Crippen molar-refractivity contribution in [1.82, 2.24) is 0 Å². The highest BCUT2D eigenvalue weighted by molar-refractivity contribution is 7.90. The second-order valence-corrected chi connectivity index (χ2v) is 7.22. The van der Waals surface area contributed by atoms with Crippen LogP contribution in [0.4, 0.5) is 5.69 Å². The summed E-state index contributed by atoms with van der Waals surface area (Å²) in [5, 5.41) is 0.584. The van der Waals surface area contributed by atoms with Crippen molar-refractivity contribution in [1.29, 1.82) is 0 Å². The smallest absolute Gasteiger partial charge is 0.149 e. The first-order valence-corrected chi connectivity index (χ1v) is 8.08. The highest BCUT2D eigenvalue weighted by Gasteiger charge is 2.11. The second kappa shape index (κ2) is 5.91. The van der Waals surface area contributed by atoms with Crippen molar-refractivity contribution >= 4 is 27.1 Å². The highest BCUT2D eigenvalue weighted by Crippen LogP contribution is 2.27. The molecule has 2 N–H and O–H groups in total. The Morgan fingerprint density at radius 2 is 2.06 bits per heavy atom. The number of nitrogens with zero attached hydrogens (tertiary/aromatic N) is 1. The molecule has 0 saturated carbocycles. The average Bonchev–Trinajstić information content (AvgIpc) is 2.24. The predicted molar refractivity (Wildman–Crippen MR) is 77.0 cm³/mol. The number of anilines is 1. The normalized spacial score (nSPS) is 13.4. The molecule has 1 atom stereocenters. The fourth-order valence-corrected chi connectivity index (χ4v) is 2.48. The van der Waals surface area contributed by atoms with Gasteiger partial charge in [-0.25, -0.2) is 8.42 Å². The minimum atomic E-state index is -2.97. The molecule has 0 aliphatic carbocycles. The fraction of sp³-hybridized carbons (Fsp3) is 0.500. The average molecular weight is 291 g/mol. The number of halogens is 1. The monoisotopic (exact) mass is 290 g/mol. The van der Waals surface area contributed by atoms with E-state index in [0.29, 0.717) is 11.6 Å². The van der Waals surface area contributed by atoms with E-state index in [2.05, 4.69) is 0 Å². The van der Waals surface area contributed by atoms with Crippen LogP contribution >= 0.6 is 11.6 Å². The van der Waals surface area contributed by atoms with Gasteiger partial charge in [-0.3, -0.25) is 0 Å². The first kappa shape index (κ1) is 15.3. The molecular weight excluding hydrogens is 272 g/mol. The van der Waals surface area contributed by atoms with Crippen molar-refractivity contribution in [3.05, 3.63) is 28.8 Å². The number of hydrogen-bond donors (Lipinski definition) is 1. The molecule has 0 bridgehead atoms. The van der Waals surface area contributed by atoms with Crippen LogP contribution in [0.5, 0.6) is 0 Å². The predicted octanol–water partition coefficient (Wildman–Crippen LogP) is 1.84. The van der Waals surface area contributed by atoms with E-state index in [-0.39, 0.29) is 11.8 Å². The molecule has 6 heteroatoms. The zero-order valence-corrected chi connectivity index (χ0v) is 12.4. The van der Waals surface area contributed by atoms with Crippen molar-refractivity contribution < 1.29 is 8.42 Å². The Morgan fingerprint density at radius 3 is 2.50 bits per heavy atom. The van der Waals surface area contributed by atoms with E-state index in [9.17, 15) is 8.42 Å². The summed E-state index contributed by atoms with van der Waals surface area (Å²) in [7, 11) is -1.15. The van der Waals surface area contributed by atoms with Crippen molar-refractivity contribution in [2.75, 3.05) is 30.5 Å². The summed E-state index contributed by atoms with van der Waals surface area (Å²) >= 11 is 6.17. The topological polar surface area (TPSA) is 63.4 Å². The molecule has 0 aliphatic heterocycles. The molecule has 0 saturated heterocycles. The molecule has 0 amide bonds. The van der Waals surface area contributed by atoms with E-state index in [0.717, 1.165) is 11.3 Å². The van der Waals surface area contributed by atoms with E-state index in [1.54, 1.807) is 0 Å². The van der Waals surface area contributed by atoms with Crippen molar-refractivity contribution in [2.24, 2.45) is 5.73 Å². The lowest BCUT2D eigenvalue weighted by atomic mass is 10.1. The van der Waals surface area contributed by atoms with Crippen LogP contribution < -0.4 is 10.6 Å². The summed E-state index contributed by atoms with van der Waals surface area (Å²) in [6.07, 6.45) is 1.22. The molecule has 0 fully saturated rings. The highest BCUT2D eigenvalue weighted by atomic mass is 35.5. The van der Waals surface area contributed by atoms with Crippen molar-refractivity contribution in [3.63, 3.8) is 0 Å². The van der Waals surface area contributed by atoms with Gasteiger partial charge in [0.05, 0.1) is 16.5 Å². The van der Waals surface area contributed by atoms with E-state index in [1.165, 1.54) is 6.26 Å². The summed E-state index contributed by atoms with van der Waals surface area (Å²) in [4.78, 5) is 1.83. The third-order valence-corrected chi connectivity index (χ3v) is 3.93. The summed E-state index contributed by atoms with van der Waals surface area (Å²) < 4.78 is 22.2. The minimum absolute atomic E-state index is 0.0714. The van der Waals surface area contributed by atoms with Crippen molar-refractivity contribution in [2.45, 2.75) is 13.0 Å². The quantitative estimate of drug-likeness (QED) is 0.899. The molecular formula is C12H19ClN2O2S. The Hall–Kier alpha value is -0.780. The zero-order valence-electron chi connectivity index (χ0n) is 10.9. The number of nitrogens with two attached hydrogens (primary N) is 1. The molecule has 4 nitrogen and oxygen atoms in total. The minimum Gasteiger partial charge on any atom is -0.372 e. The van der Waals surface area contributed by atoms with Gasteiger partial charge in [-0.15, -0.1) is 0 Å². The van der Waals surface area contributed by atoms with Crippen LogP contribution in [-0.4, -0.2) is 34.0 Å². The molecule has 0 radical (unpaired) electrons. The van der Waals surface area contributed by atoms with Crippen LogP contribution in [0, 0.1) is 0 Å². The standard InChI is InChI=1S/C12H19ClN2O2S/c1-9(14)10-4-5-12(11(13)8-10)15(2)6-7-18(3,16)17/h4-5,8-9H,6-7,14H2,1-3H3/t9-/m1/s1. The van der Waals surface area contributed by atoms with Crippen LogP contribution in [-0.2, 0) is 9.84 Å². The largest absolute Gasteiger partial charge is 0.372 e. The Kier molecular flexibility index (Phi) is 5.01. The Balaban J connectivity index is 2.84. The van der Waals surface area contributed by atoms with E-state index >= 15 is 0 Å². The second-order valence-electron chi connectivity index (χ2n) is 4.55. The molecule has 0 aromatic heterocycles. The lowest BCUT2D eigenvalue weighted by Crippen LogP contribution is -2.25. The number of rotatable bonds is 5. The van der Waals surface area contributed by atoms with Gasteiger partial charge in [-0.1, -0.05) is 17.7 Å². The number of benzene rings is 1. The maximum absolute atomic E-state index is 11.1. The van der Waals surface area contributed by atoms with E-state index in [4.69, 9.17) is 17.3 Å². The maximum Gasteiger partial charge on any atom is 0.149 e. The summed E-state index contributed by atoms with van der Waals surface area (Å²) in [6, 6.07) is 5.52. The van der Waals surface area contributed by atoms with Crippen LogP contribution in [0.25, 0.3) is 0 Å². The lowest BCUT2D eigenvalue weighted by Gasteiger charge is -2.21. The molecule has 1 rings (SSSR count). The van der Waals surface area contributed by atoms with Crippen LogP contribution in [0.2, 0.25) is 5.02 Å². The van der Waals surface area contributed by atoms with Gasteiger partial charge in [0.1, 0.15) is 9.84 Å². The van der Waals surface area contributed by atoms with Gasteiger partial charge < -0.3 is 10.6 Å². The van der Waals surface area contributed by atoms with Crippen LogP contribution in [0.1, 0.15) is 18.5 Å². The third-order valence-electron chi connectivity index (χ3n) is 2.71. The third kappa shape index (κ3) is 4.48. The summed E-state index contributed by atoms with van der Waals surface area (Å²) in [6.45, 7) is 2.30. The Bertz CT molecular complexity index is 515. The maximum atomic E-state index is 11.1. The summed E-state index contributed by atoms with van der Waals surface area (Å²) in [5.41, 5.74) is 7.54. The fourth-order valence-electron chi connectivity index (χ4n) is 1.54. The number of hydrogen-bond acceptors (Lipinski definition) is 4.